The minimum Gasteiger partial charge on any atom is -0.387 e. The first kappa shape index (κ1) is 17.2. The molecule has 3 N–H and O–H groups in total. The summed E-state index contributed by atoms with van der Waals surface area (Å²) in [5.41, 5.74) is 0.106. The Hall–Kier alpha value is -2.12. The van der Waals surface area contributed by atoms with E-state index in [1.807, 2.05) is 24.5 Å². The quantitative estimate of drug-likeness (QED) is 0.721. The number of amides is 1. The van der Waals surface area contributed by atoms with Crippen LogP contribution in [0.25, 0.3) is 0 Å². The number of anilines is 2. The first-order valence-corrected chi connectivity index (χ1v) is 8.55. The fourth-order valence-corrected chi connectivity index (χ4v) is 2.63. The number of rotatable bonds is 7. The summed E-state index contributed by atoms with van der Waals surface area (Å²) in [5.74, 6) is 0.817. The van der Waals surface area contributed by atoms with E-state index in [1.54, 1.807) is 43.0 Å². The Labute approximate surface area is 139 Å². The third kappa shape index (κ3) is 5.54. The fourth-order valence-electron chi connectivity index (χ4n) is 1.91. The van der Waals surface area contributed by atoms with Gasteiger partial charge in [-0.3, -0.25) is 4.79 Å². The summed E-state index contributed by atoms with van der Waals surface area (Å²) in [6, 6.07) is 12.4. The number of aliphatic hydroxyl groups is 1. The van der Waals surface area contributed by atoms with Crippen molar-refractivity contribution in [3.8, 4) is 0 Å². The molecule has 0 saturated carbocycles. The third-order valence-electron chi connectivity index (χ3n) is 3.03. The molecule has 0 fully saturated rings. The number of para-hydroxylation sites is 1. The first-order chi connectivity index (χ1) is 11.0. The maximum atomic E-state index is 12.1. The van der Waals surface area contributed by atoms with E-state index >= 15 is 0 Å². The highest BCUT2D eigenvalue weighted by molar-refractivity contribution is 7.98. The Balaban J connectivity index is 1.92. The highest BCUT2D eigenvalue weighted by atomic mass is 32.2. The molecule has 2 rings (SSSR count). The summed E-state index contributed by atoms with van der Waals surface area (Å²) < 4.78 is 0. The topological polar surface area (TPSA) is 87.1 Å². The lowest BCUT2D eigenvalue weighted by molar-refractivity contribution is 0.0992. The van der Waals surface area contributed by atoms with Gasteiger partial charge in [0.2, 0.25) is 0 Å². The maximum Gasteiger partial charge on any atom is 0.276 e. The van der Waals surface area contributed by atoms with Crippen LogP contribution < -0.4 is 10.6 Å². The van der Waals surface area contributed by atoms with E-state index in [2.05, 4.69) is 20.8 Å². The molecule has 0 spiro atoms. The van der Waals surface area contributed by atoms with E-state index < -0.39 is 5.60 Å². The van der Waals surface area contributed by atoms with Crippen LogP contribution in [0.3, 0.4) is 0 Å². The van der Waals surface area contributed by atoms with Gasteiger partial charge in [-0.2, -0.15) is 11.8 Å². The second kappa shape index (κ2) is 7.94. The van der Waals surface area contributed by atoms with Gasteiger partial charge in [0.05, 0.1) is 5.60 Å². The Kier molecular flexibility index (Phi) is 5.95. The normalized spacial score (nSPS) is 13.2. The summed E-state index contributed by atoms with van der Waals surface area (Å²) in [6.45, 7) is 2.11. The molecule has 7 heteroatoms. The molecule has 0 saturated heterocycles. The summed E-state index contributed by atoms with van der Waals surface area (Å²) in [4.78, 5) is 12.1. The molecule has 1 heterocycles. The van der Waals surface area contributed by atoms with Crippen molar-refractivity contribution in [3.05, 3.63) is 48.2 Å². The van der Waals surface area contributed by atoms with Crippen LogP contribution in [0.15, 0.2) is 42.5 Å². The van der Waals surface area contributed by atoms with Gasteiger partial charge in [0.1, 0.15) is 5.82 Å². The molecule has 6 nitrogen and oxygen atoms in total. The van der Waals surface area contributed by atoms with Gasteiger partial charge in [-0.25, -0.2) is 0 Å². The molecular weight excluding hydrogens is 312 g/mol. The van der Waals surface area contributed by atoms with E-state index in [0.29, 0.717) is 23.8 Å². The Bertz CT molecular complexity index is 632. The van der Waals surface area contributed by atoms with Crippen molar-refractivity contribution in [1.29, 1.82) is 0 Å². The zero-order valence-electron chi connectivity index (χ0n) is 13.1. The SMILES string of the molecule is CSCC(C)(O)CNc1ccc(C(=O)Nc2ccccc2)nn1. The molecule has 1 atom stereocenters. The summed E-state index contributed by atoms with van der Waals surface area (Å²) in [6.07, 6.45) is 1.94. The van der Waals surface area contributed by atoms with Crippen molar-refractivity contribution >= 4 is 29.2 Å². The molecule has 0 bridgehead atoms. The largest absolute Gasteiger partial charge is 0.387 e. The number of aromatic nitrogens is 2. The van der Waals surface area contributed by atoms with Gasteiger partial charge in [0, 0.05) is 18.0 Å². The van der Waals surface area contributed by atoms with Gasteiger partial charge in [0.15, 0.2) is 5.69 Å². The first-order valence-electron chi connectivity index (χ1n) is 7.15. The minimum absolute atomic E-state index is 0.232. The molecule has 122 valence electrons. The van der Waals surface area contributed by atoms with E-state index in [-0.39, 0.29) is 11.6 Å². The molecule has 1 aromatic heterocycles. The average molecular weight is 332 g/mol. The number of hydrogen-bond donors (Lipinski definition) is 3. The van der Waals surface area contributed by atoms with Gasteiger partial charge in [-0.05, 0) is 37.4 Å². The number of carbonyl (C=O) groups excluding carboxylic acids is 1. The van der Waals surface area contributed by atoms with Crippen LogP contribution in [-0.2, 0) is 0 Å². The summed E-state index contributed by atoms with van der Waals surface area (Å²) in [7, 11) is 0. The molecule has 0 aliphatic heterocycles. The maximum absolute atomic E-state index is 12.1. The second-order valence-corrected chi connectivity index (χ2v) is 6.27. The van der Waals surface area contributed by atoms with Crippen molar-refractivity contribution in [3.63, 3.8) is 0 Å². The van der Waals surface area contributed by atoms with Gasteiger partial charge in [-0.15, -0.1) is 10.2 Å². The lowest BCUT2D eigenvalue weighted by Crippen LogP contribution is -2.36. The van der Waals surface area contributed by atoms with Gasteiger partial charge < -0.3 is 15.7 Å². The van der Waals surface area contributed by atoms with Crippen molar-refractivity contribution < 1.29 is 9.90 Å². The number of thioether (sulfide) groups is 1. The predicted octanol–water partition coefficient (Wildman–Crippen LogP) is 2.25. The number of carbonyl (C=O) groups is 1. The minimum atomic E-state index is -0.829. The molecule has 0 aliphatic rings. The molecule has 1 amide bonds. The van der Waals surface area contributed by atoms with Crippen molar-refractivity contribution in [1.82, 2.24) is 10.2 Å². The van der Waals surface area contributed by atoms with Crippen LogP contribution >= 0.6 is 11.8 Å². The molecule has 2 aromatic rings. The zero-order valence-corrected chi connectivity index (χ0v) is 13.9. The van der Waals surface area contributed by atoms with Crippen molar-refractivity contribution in [2.75, 3.05) is 29.2 Å². The highest BCUT2D eigenvalue weighted by Crippen LogP contribution is 2.12. The second-order valence-electron chi connectivity index (χ2n) is 5.41. The lowest BCUT2D eigenvalue weighted by Gasteiger charge is -2.22. The summed E-state index contributed by atoms with van der Waals surface area (Å²) in [5, 5.41) is 23.7. The van der Waals surface area contributed by atoms with Gasteiger partial charge >= 0.3 is 0 Å². The molecular formula is C16H20N4O2S. The highest BCUT2D eigenvalue weighted by Gasteiger charge is 2.19. The number of nitrogens with zero attached hydrogens (tertiary/aromatic N) is 2. The Morgan fingerprint density at radius 2 is 1.96 bits per heavy atom. The Morgan fingerprint density at radius 1 is 1.22 bits per heavy atom. The van der Waals surface area contributed by atoms with Crippen LogP contribution in [0.2, 0.25) is 0 Å². The number of nitrogens with one attached hydrogen (secondary N) is 2. The molecule has 0 radical (unpaired) electrons. The van der Waals surface area contributed by atoms with Crippen molar-refractivity contribution in [2.24, 2.45) is 0 Å². The smallest absolute Gasteiger partial charge is 0.276 e. The number of benzene rings is 1. The standard InChI is InChI=1S/C16H20N4O2S/c1-16(22,11-23-2)10-17-14-9-8-13(19-20-14)15(21)18-12-6-4-3-5-7-12/h3-9,22H,10-11H2,1-2H3,(H,17,20)(H,18,21). The molecule has 0 aliphatic carbocycles. The monoisotopic (exact) mass is 332 g/mol. The lowest BCUT2D eigenvalue weighted by atomic mass is 10.1. The van der Waals surface area contributed by atoms with Crippen LogP contribution in [0, 0.1) is 0 Å². The van der Waals surface area contributed by atoms with E-state index in [0.717, 1.165) is 0 Å². The fraction of sp³-hybridized carbons (Fsp3) is 0.312. The van der Waals surface area contributed by atoms with Crippen LogP contribution in [-0.4, -0.2) is 45.4 Å². The van der Waals surface area contributed by atoms with Crippen molar-refractivity contribution in [2.45, 2.75) is 12.5 Å². The van der Waals surface area contributed by atoms with Crippen LogP contribution in [0.5, 0.6) is 0 Å². The molecule has 1 unspecified atom stereocenters. The van der Waals surface area contributed by atoms with E-state index in [4.69, 9.17) is 0 Å². The van der Waals surface area contributed by atoms with Crippen LogP contribution in [0.4, 0.5) is 11.5 Å². The van der Waals surface area contributed by atoms with Gasteiger partial charge in [-0.1, -0.05) is 18.2 Å². The van der Waals surface area contributed by atoms with Gasteiger partial charge in [0.25, 0.3) is 5.91 Å². The third-order valence-corrected chi connectivity index (χ3v) is 3.95. The predicted molar refractivity (Wildman–Crippen MR) is 93.9 cm³/mol. The molecule has 1 aromatic carbocycles. The average Bonchev–Trinajstić information content (AvgIpc) is 2.54. The Morgan fingerprint density at radius 3 is 2.57 bits per heavy atom. The number of hydrogen-bond acceptors (Lipinski definition) is 6. The van der Waals surface area contributed by atoms with E-state index in [9.17, 15) is 9.90 Å². The zero-order chi connectivity index (χ0) is 16.7. The van der Waals surface area contributed by atoms with E-state index in [1.165, 1.54) is 0 Å². The van der Waals surface area contributed by atoms with Crippen LogP contribution in [0.1, 0.15) is 17.4 Å². The molecule has 23 heavy (non-hydrogen) atoms. The summed E-state index contributed by atoms with van der Waals surface area (Å²) >= 11 is 1.57.